The van der Waals surface area contributed by atoms with E-state index in [0.29, 0.717) is 6.04 Å². The first kappa shape index (κ1) is 18.4. The Labute approximate surface area is 130 Å². The molecule has 1 N–H and O–H groups in total. The molecule has 5 nitrogen and oxygen atoms in total. The molecule has 0 bridgehead atoms. The Morgan fingerprint density at radius 1 is 1.43 bits per heavy atom. The highest BCUT2D eigenvalue weighted by Gasteiger charge is 2.32. The van der Waals surface area contributed by atoms with Gasteiger partial charge in [0.05, 0.1) is 7.11 Å². The lowest BCUT2D eigenvalue weighted by Crippen LogP contribution is -2.49. The molecular weight excluding hydrogens is 266 g/mol. The van der Waals surface area contributed by atoms with Gasteiger partial charge in [0.15, 0.2) is 0 Å². The van der Waals surface area contributed by atoms with Gasteiger partial charge in [-0.15, -0.1) is 0 Å². The van der Waals surface area contributed by atoms with Crippen molar-refractivity contribution < 1.29 is 9.53 Å². The van der Waals surface area contributed by atoms with E-state index in [0.717, 1.165) is 32.5 Å². The predicted octanol–water partition coefficient (Wildman–Crippen LogP) is 1.33. The number of likely N-dealkylation sites (N-methyl/N-ethyl adjacent to an activating group) is 2. The molecule has 124 valence electrons. The Morgan fingerprint density at radius 2 is 2.14 bits per heavy atom. The van der Waals surface area contributed by atoms with Crippen molar-refractivity contribution in [3.8, 4) is 0 Å². The van der Waals surface area contributed by atoms with Gasteiger partial charge in [0.25, 0.3) is 0 Å². The molecule has 1 saturated heterocycles. The van der Waals surface area contributed by atoms with Crippen molar-refractivity contribution in [2.24, 2.45) is 0 Å². The summed E-state index contributed by atoms with van der Waals surface area (Å²) in [5.41, 5.74) is -0.570. The maximum atomic E-state index is 11.9. The van der Waals surface area contributed by atoms with Crippen molar-refractivity contribution in [2.45, 2.75) is 51.1 Å². The number of ether oxygens (including phenoxy) is 1. The number of hydrogen-bond acceptors (Lipinski definition) is 5. The number of hydrogen-bond donors (Lipinski definition) is 1. The number of methoxy groups -OCH3 is 1. The van der Waals surface area contributed by atoms with Crippen LogP contribution in [0.5, 0.6) is 0 Å². The monoisotopic (exact) mass is 299 g/mol. The summed E-state index contributed by atoms with van der Waals surface area (Å²) in [6, 6.07) is 0.636. The lowest BCUT2D eigenvalue weighted by Gasteiger charge is -2.32. The molecule has 0 amide bonds. The van der Waals surface area contributed by atoms with Crippen LogP contribution in [0.25, 0.3) is 0 Å². The van der Waals surface area contributed by atoms with Gasteiger partial charge in [0.2, 0.25) is 0 Å². The van der Waals surface area contributed by atoms with Gasteiger partial charge < -0.3 is 15.0 Å². The highest BCUT2D eigenvalue weighted by molar-refractivity contribution is 5.80. The van der Waals surface area contributed by atoms with Crippen LogP contribution in [-0.4, -0.2) is 74.7 Å². The van der Waals surface area contributed by atoms with Gasteiger partial charge >= 0.3 is 5.97 Å². The zero-order chi connectivity index (χ0) is 15.9. The van der Waals surface area contributed by atoms with Crippen LogP contribution in [0.1, 0.15) is 39.5 Å². The molecule has 1 aliphatic rings. The van der Waals surface area contributed by atoms with E-state index in [1.807, 2.05) is 14.0 Å². The lowest BCUT2D eigenvalue weighted by molar-refractivity contribution is -0.148. The fourth-order valence-electron chi connectivity index (χ4n) is 3.16. The molecule has 1 aliphatic heterocycles. The summed E-state index contributed by atoms with van der Waals surface area (Å²) in [6.07, 6.45) is 4.23. The van der Waals surface area contributed by atoms with E-state index in [-0.39, 0.29) is 5.97 Å². The van der Waals surface area contributed by atoms with Crippen molar-refractivity contribution in [1.82, 2.24) is 15.1 Å². The summed E-state index contributed by atoms with van der Waals surface area (Å²) in [5.74, 6) is -0.173. The lowest BCUT2D eigenvalue weighted by atomic mass is 9.95. The van der Waals surface area contributed by atoms with Crippen LogP contribution < -0.4 is 5.32 Å². The summed E-state index contributed by atoms with van der Waals surface area (Å²) >= 11 is 0. The van der Waals surface area contributed by atoms with Crippen molar-refractivity contribution in [3.05, 3.63) is 0 Å². The van der Waals surface area contributed by atoms with E-state index in [1.54, 1.807) is 0 Å². The quantitative estimate of drug-likeness (QED) is 0.719. The minimum absolute atomic E-state index is 0.173. The van der Waals surface area contributed by atoms with Gasteiger partial charge in [0.1, 0.15) is 5.54 Å². The van der Waals surface area contributed by atoms with E-state index in [1.165, 1.54) is 26.5 Å². The van der Waals surface area contributed by atoms with Crippen LogP contribution in [0.2, 0.25) is 0 Å². The number of esters is 1. The summed E-state index contributed by atoms with van der Waals surface area (Å²) in [5, 5.41) is 3.11. The molecule has 1 heterocycles. The second kappa shape index (κ2) is 8.71. The SMILES string of the molecule is CCC1CN(C)CCCN1CCCC(C)(NC)C(=O)OC. The van der Waals surface area contributed by atoms with Crippen molar-refractivity contribution >= 4 is 5.97 Å². The number of rotatable bonds is 7. The normalized spacial score (nSPS) is 24.3. The molecule has 1 rings (SSSR count). The number of carbonyl (C=O) groups excluding carboxylic acids is 1. The first-order valence-electron chi connectivity index (χ1n) is 8.16. The standard InChI is InChI=1S/C16H33N3O2/c1-6-14-13-18(4)10-8-12-19(14)11-7-9-16(2,17-3)15(20)21-5/h14,17H,6-13H2,1-5H3. The first-order chi connectivity index (χ1) is 9.96. The van der Waals surface area contributed by atoms with E-state index in [2.05, 4.69) is 29.1 Å². The fourth-order valence-corrected chi connectivity index (χ4v) is 3.16. The molecule has 0 spiro atoms. The third kappa shape index (κ3) is 5.24. The van der Waals surface area contributed by atoms with Gasteiger partial charge in [-0.2, -0.15) is 0 Å². The summed E-state index contributed by atoms with van der Waals surface area (Å²) in [6.45, 7) is 8.74. The maximum absolute atomic E-state index is 11.9. The number of nitrogens with zero attached hydrogens (tertiary/aromatic N) is 2. The van der Waals surface area contributed by atoms with Crippen LogP contribution in [0, 0.1) is 0 Å². The fraction of sp³-hybridized carbons (Fsp3) is 0.938. The van der Waals surface area contributed by atoms with E-state index in [9.17, 15) is 4.79 Å². The van der Waals surface area contributed by atoms with Gasteiger partial charge in [-0.05, 0) is 66.3 Å². The average molecular weight is 299 g/mol. The van der Waals surface area contributed by atoms with Gasteiger partial charge in [-0.3, -0.25) is 9.69 Å². The maximum Gasteiger partial charge on any atom is 0.325 e. The summed E-state index contributed by atoms with van der Waals surface area (Å²) in [7, 11) is 5.49. The summed E-state index contributed by atoms with van der Waals surface area (Å²) in [4.78, 5) is 16.9. The molecule has 0 aliphatic carbocycles. The average Bonchev–Trinajstić information content (AvgIpc) is 2.67. The van der Waals surface area contributed by atoms with Crippen molar-refractivity contribution in [2.75, 3.05) is 47.4 Å². The van der Waals surface area contributed by atoms with Gasteiger partial charge in [-0.25, -0.2) is 0 Å². The second-order valence-corrected chi connectivity index (χ2v) is 6.39. The molecular formula is C16H33N3O2. The predicted molar refractivity (Wildman–Crippen MR) is 86.5 cm³/mol. The van der Waals surface area contributed by atoms with E-state index < -0.39 is 5.54 Å². The van der Waals surface area contributed by atoms with E-state index >= 15 is 0 Å². The Hall–Kier alpha value is -0.650. The zero-order valence-electron chi connectivity index (χ0n) is 14.4. The molecule has 0 aromatic carbocycles. The van der Waals surface area contributed by atoms with Gasteiger partial charge in [-0.1, -0.05) is 6.92 Å². The van der Waals surface area contributed by atoms with Crippen LogP contribution in [0.15, 0.2) is 0 Å². The zero-order valence-corrected chi connectivity index (χ0v) is 14.4. The molecule has 1 fully saturated rings. The molecule has 21 heavy (non-hydrogen) atoms. The van der Waals surface area contributed by atoms with Gasteiger partial charge in [0, 0.05) is 12.6 Å². The topological polar surface area (TPSA) is 44.8 Å². The minimum atomic E-state index is -0.570. The second-order valence-electron chi connectivity index (χ2n) is 6.39. The third-order valence-electron chi connectivity index (χ3n) is 4.81. The molecule has 0 saturated carbocycles. The minimum Gasteiger partial charge on any atom is -0.468 e. The van der Waals surface area contributed by atoms with Crippen molar-refractivity contribution in [3.63, 3.8) is 0 Å². The molecule has 0 aromatic rings. The summed E-state index contributed by atoms with van der Waals surface area (Å²) < 4.78 is 4.90. The molecule has 0 radical (unpaired) electrons. The van der Waals surface area contributed by atoms with E-state index in [4.69, 9.17) is 4.74 Å². The molecule has 5 heteroatoms. The van der Waals surface area contributed by atoms with Crippen LogP contribution in [-0.2, 0) is 9.53 Å². The third-order valence-corrected chi connectivity index (χ3v) is 4.81. The molecule has 2 unspecified atom stereocenters. The number of nitrogens with one attached hydrogen (secondary N) is 1. The smallest absolute Gasteiger partial charge is 0.325 e. The van der Waals surface area contributed by atoms with Crippen LogP contribution in [0.4, 0.5) is 0 Å². The van der Waals surface area contributed by atoms with Crippen LogP contribution >= 0.6 is 0 Å². The Kier molecular flexibility index (Phi) is 7.63. The highest BCUT2D eigenvalue weighted by atomic mass is 16.5. The largest absolute Gasteiger partial charge is 0.468 e. The Bertz CT molecular complexity index is 325. The number of carbonyl (C=O) groups is 1. The Morgan fingerprint density at radius 3 is 2.71 bits per heavy atom. The Balaban J connectivity index is 2.50. The molecule has 0 aromatic heterocycles. The highest BCUT2D eigenvalue weighted by Crippen LogP contribution is 2.17. The first-order valence-corrected chi connectivity index (χ1v) is 8.16. The van der Waals surface area contributed by atoms with Crippen molar-refractivity contribution in [1.29, 1.82) is 0 Å². The van der Waals surface area contributed by atoms with Crippen LogP contribution in [0.3, 0.4) is 0 Å². The molecule has 2 atom stereocenters.